The third-order valence-electron chi connectivity index (χ3n) is 2.32. The first-order chi connectivity index (χ1) is 6.26. The molecule has 0 atom stereocenters. The summed E-state index contributed by atoms with van der Waals surface area (Å²) in [5.74, 6) is -0.363. The van der Waals surface area contributed by atoms with Crippen molar-refractivity contribution in [3.63, 3.8) is 0 Å². The fraction of sp³-hybridized carbons (Fsp3) is 0.333. The average Bonchev–Trinajstić information content (AvgIpc) is 2.03. The molecule has 4 nitrogen and oxygen atoms in total. The van der Waals surface area contributed by atoms with Crippen LogP contribution in [0.4, 0.5) is 0 Å². The van der Waals surface area contributed by atoms with Gasteiger partial charge in [-0.15, -0.1) is 0 Å². The first-order valence-corrected chi connectivity index (χ1v) is 4.05. The minimum absolute atomic E-state index is 0.347. The quantitative estimate of drug-likeness (QED) is 0.684. The van der Waals surface area contributed by atoms with Gasteiger partial charge in [0.1, 0.15) is 5.41 Å². The molecule has 0 spiro atoms. The fourth-order valence-corrected chi connectivity index (χ4v) is 1.37. The van der Waals surface area contributed by atoms with Crippen molar-refractivity contribution < 1.29 is 9.53 Å². The zero-order chi connectivity index (χ0) is 9.31. The van der Waals surface area contributed by atoms with E-state index in [1.54, 1.807) is 18.3 Å². The number of rotatable bonds is 2. The maximum absolute atomic E-state index is 11.2. The molecule has 0 aliphatic carbocycles. The van der Waals surface area contributed by atoms with Gasteiger partial charge in [0.15, 0.2) is 0 Å². The lowest BCUT2D eigenvalue weighted by Crippen LogP contribution is -2.56. The van der Waals surface area contributed by atoms with Crippen LogP contribution in [0.3, 0.4) is 0 Å². The number of nitrogens with zero attached hydrogens (tertiary/aromatic N) is 1. The van der Waals surface area contributed by atoms with Crippen molar-refractivity contribution in [2.24, 2.45) is 5.73 Å². The minimum Gasteiger partial charge on any atom is -0.378 e. The molecule has 4 heteroatoms. The van der Waals surface area contributed by atoms with Crippen molar-refractivity contribution in [1.82, 2.24) is 4.98 Å². The van der Waals surface area contributed by atoms with Crippen molar-refractivity contribution in [3.8, 4) is 0 Å². The van der Waals surface area contributed by atoms with E-state index in [0.29, 0.717) is 18.9 Å². The van der Waals surface area contributed by atoms with E-state index in [1.165, 1.54) is 0 Å². The highest BCUT2D eigenvalue weighted by molar-refractivity contribution is 5.87. The van der Waals surface area contributed by atoms with Gasteiger partial charge in [-0.2, -0.15) is 0 Å². The molecule has 1 saturated heterocycles. The molecule has 0 unspecified atom stereocenters. The van der Waals surface area contributed by atoms with E-state index < -0.39 is 5.41 Å². The molecule has 13 heavy (non-hydrogen) atoms. The summed E-state index contributed by atoms with van der Waals surface area (Å²) in [5, 5.41) is 0. The molecule has 2 rings (SSSR count). The zero-order valence-corrected chi connectivity index (χ0v) is 7.06. The van der Waals surface area contributed by atoms with Gasteiger partial charge < -0.3 is 10.5 Å². The lowest BCUT2D eigenvalue weighted by atomic mass is 9.81. The van der Waals surface area contributed by atoms with Crippen LogP contribution in [-0.4, -0.2) is 24.1 Å². The summed E-state index contributed by atoms with van der Waals surface area (Å²) in [6, 6.07) is 5.44. The maximum Gasteiger partial charge on any atom is 0.234 e. The number of ether oxygens (including phenoxy) is 1. The van der Waals surface area contributed by atoms with Crippen LogP contribution >= 0.6 is 0 Å². The molecule has 0 aromatic carbocycles. The van der Waals surface area contributed by atoms with E-state index in [0.717, 1.165) is 0 Å². The topological polar surface area (TPSA) is 65.2 Å². The van der Waals surface area contributed by atoms with Gasteiger partial charge in [0.25, 0.3) is 0 Å². The second-order valence-corrected chi connectivity index (χ2v) is 3.15. The van der Waals surface area contributed by atoms with Crippen molar-refractivity contribution in [2.45, 2.75) is 5.41 Å². The molecule has 0 saturated carbocycles. The Morgan fingerprint density at radius 3 is 2.69 bits per heavy atom. The SMILES string of the molecule is NC(=O)C1(c2ccccn2)COC1. The molecular formula is C9H10N2O2. The van der Waals surface area contributed by atoms with Crippen LogP contribution in [0.1, 0.15) is 5.69 Å². The van der Waals surface area contributed by atoms with E-state index >= 15 is 0 Å². The van der Waals surface area contributed by atoms with Crippen LogP contribution < -0.4 is 5.73 Å². The number of aromatic nitrogens is 1. The highest BCUT2D eigenvalue weighted by atomic mass is 16.5. The molecule has 2 heterocycles. The summed E-state index contributed by atoms with van der Waals surface area (Å²) in [6.07, 6.45) is 1.65. The number of hydrogen-bond donors (Lipinski definition) is 1. The Morgan fingerprint density at radius 2 is 2.31 bits per heavy atom. The Bertz CT molecular complexity index is 320. The van der Waals surface area contributed by atoms with E-state index in [-0.39, 0.29) is 5.91 Å². The van der Waals surface area contributed by atoms with Gasteiger partial charge in [0.2, 0.25) is 5.91 Å². The number of primary amides is 1. The first kappa shape index (κ1) is 8.19. The molecule has 1 aliphatic rings. The van der Waals surface area contributed by atoms with Crippen molar-refractivity contribution >= 4 is 5.91 Å². The third kappa shape index (κ3) is 1.10. The molecule has 1 aromatic heterocycles. The summed E-state index contributed by atoms with van der Waals surface area (Å²) < 4.78 is 5.01. The van der Waals surface area contributed by atoms with Crippen LogP contribution in [0.2, 0.25) is 0 Å². The van der Waals surface area contributed by atoms with Gasteiger partial charge in [-0.3, -0.25) is 9.78 Å². The molecule has 2 N–H and O–H groups in total. The van der Waals surface area contributed by atoms with Crippen LogP contribution in [0.5, 0.6) is 0 Å². The number of hydrogen-bond acceptors (Lipinski definition) is 3. The molecule has 1 amide bonds. The number of carbonyl (C=O) groups excluding carboxylic acids is 1. The summed E-state index contributed by atoms with van der Waals surface area (Å²) in [6.45, 7) is 0.693. The third-order valence-corrected chi connectivity index (χ3v) is 2.32. The van der Waals surface area contributed by atoms with Gasteiger partial charge in [-0.1, -0.05) is 6.07 Å². The first-order valence-electron chi connectivity index (χ1n) is 4.05. The zero-order valence-electron chi connectivity index (χ0n) is 7.06. The summed E-state index contributed by atoms with van der Waals surface area (Å²) in [7, 11) is 0. The second kappa shape index (κ2) is 2.81. The second-order valence-electron chi connectivity index (χ2n) is 3.15. The number of carbonyl (C=O) groups is 1. The van der Waals surface area contributed by atoms with Crippen LogP contribution in [-0.2, 0) is 14.9 Å². The predicted molar refractivity (Wildman–Crippen MR) is 45.9 cm³/mol. The van der Waals surface area contributed by atoms with E-state index in [1.807, 2.05) is 6.07 Å². The molecule has 1 fully saturated rings. The molecule has 1 aromatic rings. The highest BCUT2D eigenvalue weighted by Crippen LogP contribution is 2.30. The molecule has 1 aliphatic heterocycles. The number of pyridine rings is 1. The number of nitrogens with two attached hydrogens (primary N) is 1. The van der Waals surface area contributed by atoms with Crippen molar-refractivity contribution in [3.05, 3.63) is 30.1 Å². The molecule has 0 radical (unpaired) electrons. The van der Waals surface area contributed by atoms with Crippen LogP contribution in [0.25, 0.3) is 0 Å². The Hall–Kier alpha value is -1.42. The Balaban J connectivity index is 2.38. The van der Waals surface area contributed by atoms with Crippen LogP contribution in [0.15, 0.2) is 24.4 Å². The Morgan fingerprint density at radius 1 is 1.54 bits per heavy atom. The fourth-order valence-electron chi connectivity index (χ4n) is 1.37. The monoisotopic (exact) mass is 178 g/mol. The predicted octanol–water partition coefficient (Wildman–Crippen LogP) is -0.165. The number of amides is 1. The van der Waals surface area contributed by atoms with E-state index in [9.17, 15) is 4.79 Å². The minimum atomic E-state index is -0.679. The molecule has 0 bridgehead atoms. The van der Waals surface area contributed by atoms with Gasteiger partial charge >= 0.3 is 0 Å². The van der Waals surface area contributed by atoms with E-state index in [2.05, 4.69) is 4.98 Å². The molecule has 68 valence electrons. The van der Waals surface area contributed by atoms with Gasteiger partial charge in [0, 0.05) is 6.20 Å². The summed E-state index contributed by atoms with van der Waals surface area (Å²) in [5.41, 5.74) is 5.33. The van der Waals surface area contributed by atoms with Gasteiger partial charge in [-0.05, 0) is 12.1 Å². The van der Waals surface area contributed by atoms with Crippen molar-refractivity contribution in [2.75, 3.05) is 13.2 Å². The lowest BCUT2D eigenvalue weighted by molar-refractivity contribution is -0.142. The standard InChI is InChI=1S/C9H10N2O2/c10-8(12)9(5-13-6-9)7-3-1-2-4-11-7/h1-4H,5-6H2,(H2,10,12). The summed E-state index contributed by atoms with van der Waals surface area (Å²) >= 11 is 0. The maximum atomic E-state index is 11.2. The summed E-state index contributed by atoms with van der Waals surface area (Å²) in [4.78, 5) is 15.3. The van der Waals surface area contributed by atoms with E-state index in [4.69, 9.17) is 10.5 Å². The normalized spacial score (nSPS) is 19.1. The highest BCUT2D eigenvalue weighted by Gasteiger charge is 2.47. The van der Waals surface area contributed by atoms with Gasteiger partial charge in [0.05, 0.1) is 18.9 Å². The Labute approximate surface area is 75.7 Å². The smallest absolute Gasteiger partial charge is 0.234 e. The largest absolute Gasteiger partial charge is 0.378 e. The molecular weight excluding hydrogens is 168 g/mol. The lowest BCUT2D eigenvalue weighted by Gasteiger charge is -2.37. The van der Waals surface area contributed by atoms with Gasteiger partial charge in [-0.25, -0.2) is 0 Å². The average molecular weight is 178 g/mol. The van der Waals surface area contributed by atoms with Crippen molar-refractivity contribution in [1.29, 1.82) is 0 Å². The van der Waals surface area contributed by atoms with Crippen LogP contribution in [0, 0.1) is 0 Å². The Kier molecular flexibility index (Phi) is 1.77.